The summed E-state index contributed by atoms with van der Waals surface area (Å²) in [5.74, 6) is 0.965. The molecule has 0 radical (unpaired) electrons. The maximum absolute atomic E-state index is 13.8. The molecule has 1 amide bonds. The minimum atomic E-state index is -0.122. The quantitative estimate of drug-likeness (QED) is 0.415. The van der Waals surface area contributed by atoms with Gasteiger partial charge in [0.1, 0.15) is 11.5 Å². The van der Waals surface area contributed by atoms with Gasteiger partial charge in [0.2, 0.25) is 0 Å². The van der Waals surface area contributed by atoms with Crippen molar-refractivity contribution in [1.82, 2.24) is 15.0 Å². The molecule has 31 heavy (non-hydrogen) atoms. The molecule has 1 aliphatic carbocycles. The second-order valence-electron chi connectivity index (χ2n) is 7.75. The molecular formula is C24H23N3O4. The highest BCUT2D eigenvalue weighted by Crippen LogP contribution is 2.41. The lowest BCUT2D eigenvalue weighted by Crippen LogP contribution is -2.33. The smallest absolute Gasteiger partial charge is 0.259 e. The lowest BCUT2D eigenvalue weighted by Gasteiger charge is -2.22. The normalized spacial score (nSPS) is 13.6. The van der Waals surface area contributed by atoms with Gasteiger partial charge in [-0.15, -0.1) is 0 Å². The molecule has 0 N–H and O–H groups in total. The van der Waals surface area contributed by atoms with Gasteiger partial charge in [0.05, 0.1) is 30.4 Å². The van der Waals surface area contributed by atoms with Gasteiger partial charge in [0, 0.05) is 30.8 Å². The summed E-state index contributed by atoms with van der Waals surface area (Å²) >= 11 is 0. The minimum Gasteiger partial charge on any atom is -0.467 e. The number of aromatic nitrogens is 2. The second-order valence-corrected chi connectivity index (χ2v) is 7.75. The molecule has 0 saturated heterocycles. The first-order chi connectivity index (χ1) is 15.2. The van der Waals surface area contributed by atoms with Crippen molar-refractivity contribution < 1.29 is 18.5 Å². The number of ether oxygens (including phenoxy) is 1. The Morgan fingerprint density at radius 1 is 1.19 bits per heavy atom. The van der Waals surface area contributed by atoms with Crippen LogP contribution in [-0.2, 0) is 11.3 Å². The molecular weight excluding hydrogens is 394 g/mol. The number of furan rings is 1. The minimum absolute atomic E-state index is 0.122. The molecule has 0 bridgehead atoms. The first-order valence-electron chi connectivity index (χ1n) is 10.4. The third-order valence-corrected chi connectivity index (χ3v) is 5.52. The number of hydrogen-bond donors (Lipinski definition) is 0. The van der Waals surface area contributed by atoms with E-state index in [9.17, 15) is 4.79 Å². The van der Waals surface area contributed by atoms with E-state index in [-0.39, 0.29) is 5.91 Å². The number of methoxy groups -OCH3 is 1. The Morgan fingerprint density at radius 2 is 2.03 bits per heavy atom. The summed E-state index contributed by atoms with van der Waals surface area (Å²) < 4.78 is 16.3. The molecule has 1 aliphatic rings. The van der Waals surface area contributed by atoms with Crippen molar-refractivity contribution in [2.45, 2.75) is 25.3 Å². The highest BCUT2D eigenvalue weighted by Gasteiger charge is 2.31. The summed E-state index contributed by atoms with van der Waals surface area (Å²) in [5, 5.41) is 4.92. The molecule has 7 heteroatoms. The number of fused-ring (bicyclic) bond motifs is 1. The van der Waals surface area contributed by atoms with Crippen LogP contribution in [0.5, 0.6) is 0 Å². The molecule has 0 atom stereocenters. The average Bonchev–Trinajstić information content (AvgIpc) is 3.36. The highest BCUT2D eigenvalue weighted by molar-refractivity contribution is 6.09. The molecule has 3 aromatic heterocycles. The Bertz CT molecular complexity index is 1180. The van der Waals surface area contributed by atoms with E-state index in [4.69, 9.17) is 13.7 Å². The Morgan fingerprint density at radius 3 is 2.74 bits per heavy atom. The molecule has 1 saturated carbocycles. The van der Waals surface area contributed by atoms with Crippen molar-refractivity contribution in [3.8, 4) is 11.3 Å². The van der Waals surface area contributed by atoms with Crippen molar-refractivity contribution in [3.63, 3.8) is 0 Å². The van der Waals surface area contributed by atoms with Crippen molar-refractivity contribution in [2.75, 3.05) is 20.3 Å². The fourth-order valence-corrected chi connectivity index (χ4v) is 3.73. The topological polar surface area (TPSA) is 81.6 Å². The van der Waals surface area contributed by atoms with Crippen LogP contribution in [0.3, 0.4) is 0 Å². The van der Waals surface area contributed by atoms with E-state index in [0.29, 0.717) is 53.7 Å². The lowest BCUT2D eigenvalue weighted by molar-refractivity contribution is 0.0668. The lowest BCUT2D eigenvalue weighted by atomic mass is 10.0. The summed E-state index contributed by atoms with van der Waals surface area (Å²) in [7, 11) is 1.62. The Kier molecular flexibility index (Phi) is 5.26. The SMILES string of the molecule is COCCN(Cc1ccco1)C(=O)c1cc(C2CC2)nc2onc(-c3ccccc3)c12. The Balaban J connectivity index is 1.61. The van der Waals surface area contributed by atoms with Crippen molar-refractivity contribution >= 4 is 17.0 Å². The molecule has 7 nitrogen and oxygen atoms in total. The molecule has 1 fully saturated rings. The van der Waals surface area contributed by atoms with Gasteiger partial charge in [-0.25, -0.2) is 4.98 Å². The van der Waals surface area contributed by atoms with E-state index in [1.807, 2.05) is 48.5 Å². The molecule has 5 rings (SSSR count). The zero-order chi connectivity index (χ0) is 21.2. The highest BCUT2D eigenvalue weighted by atomic mass is 16.5. The molecule has 0 unspecified atom stereocenters. The zero-order valence-electron chi connectivity index (χ0n) is 17.3. The number of hydrogen-bond acceptors (Lipinski definition) is 6. The van der Waals surface area contributed by atoms with Crippen LogP contribution in [0.4, 0.5) is 0 Å². The van der Waals surface area contributed by atoms with E-state index in [1.165, 1.54) is 0 Å². The van der Waals surface area contributed by atoms with Gasteiger partial charge in [-0.2, -0.15) is 0 Å². The monoisotopic (exact) mass is 417 g/mol. The van der Waals surface area contributed by atoms with E-state index < -0.39 is 0 Å². The van der Waals surface area contributed by atoms with Gasteiger partial charge in [0.25, 0.3) is 11.6 Å². The number of rotatable bonds is 8. The molecule has 3 heterocycles. The van der Waals surface area contributed by atoms with Gasteiger partial charge < -0.3 is 18.6 Å². The van der Waals surface area contributed by atoms with Crippen LogP contribution in [0.2, 0.25) is 0 Å². The van der Waals surface area contributed by atoms with Gasteiger partial charge in [-0.1, -0.05) is 35.5 Å². The van der Waals surface area contributed by atoms with E-state index >= 15 is 0 Å². The van der Waals surface area contributed by atoms with E-state index in [0.717, 1.165) is 24.1 Å². The zero-order valence-corrected chi connectivity index (χ0v) is 17.3. The van der Waals surface area contributed by atoms with Crippen LogP contribution in [0, 0.1) is 0 Å². The van der Waals surface area contributed by atoms with Crippen LogP contribution >= 0.6 is 0 Å². The number of carbonyl (C=O) groups is 1. The third kappa shape index (κ3) is 3.96. The summed E-state index contributed by atoms with van der Waals surface area (Å²) in [4.78, 5) is 20.2. The van der Waals surface area contributed by atoms with Gasteiger partial charge in [-0.3, -0.25) is 4.79 Å². The number of amides is 1. The molecule has 0 aliphatic heterocycles. The second kappa shape index (κ2) is 8.35. The fraction of sp³-hybridized carbons (Fsp3) is 0.292. The number of pyridine rings is 1. The molecule has 158 valence electrons. The van der Waals surface area contributed by atoms with Crippen molar-refractivity contribution in [1.29, 1.82) is 0 Å². The van der Waals surface area contributed by atoms with E-state index in [2.05, 4.69) is 10.1 Å². The molecule has 1 aromatic carbocycles. The van der Waals surface area contributed by atoms with Crippen LogP contribution in [0.15, 0.2) is 63.7 Å². The van der Waals surface area contributed by atoms with Crippen molar-refractivity contribution in [2.24, 2.45) is 0 Å². The van der Waals surface area contributed by atoms with Crippen LogP contribution in [-0.4, -0.2) is 41.2 Å². The molecule has 0 spiro atoms. The Hall–Kier alpha value is -3.45. The van der Waals surface area contributed by atoms with Crippen LogP contribution in [0.1, 0.15) is 40.6 Å². The van der Waals surface area contributed by atoms with Crippen LogP contribution < -0.4 is 0 Å². The predicted octanol–water partition coefficient (Wildman–Crippen LogP) is 4.65. The van der Waals surface area contributed by atoms with Crippen molar-refractivity contribution in [3.05, 3.63) is 71.8 Å². The fourth-order valence-electron chi connectivity index (χ4n) is 3.73. The number of carbonyl (C=O) groups excluding carboxylic acids is 1. The Labute approximate surface area is 179 Å². The maximum atomic E-state index is 13.8. The van der Waals surface area contributed by atoms with Gasteiger partial charge in [-0.05, 0) is 31.0 Å². The summed E-state index contributed by atoms with van der Waals surface area (Å²) in [6.07, 6.45) is 3.76. The largest absolute Gasteiger partial charge is 0.467 e. The van der Waals surface area contributed by atoms with E-state index in [1.54, 1.807) is 18.3 Å². The summed E-state index contributed by atoms with van der Waals surface area (Å²) in [5.41, 5.74) is 3.34. The molecule has 4 aromatic rings. The number of benzene rings is 1. The predicted molar refractivity (Wildman–Crippen MR) is 115 cm³/mol. The number of nitrogens with zero attached hydrogens (tertiary/aromatic N) is 3. The standard InChI is InChI=1S/C24H23N3O4/c1-29-13-11-27(15-18-8-5-12-30-18)24(28)19-14-20(16-9-10-16)25-23-21(19)22(26-31-23)17-6-3-2-4-7-17/h2-8,12,14,16H,9-11,13,15H2,1H3. The first-order valence-corrected chi connectivity index (χ1v) is 10.4. The summed E-state index contributed by atoms with van der Waals surface area (Å²) in [6.45, 7) is 1.21. The third-order valence-electron chi connectivity index (χ3n) is 5.52. The van der Waals surface area contributed by atoms with Gasteiger partial charge in [0.15, 0.2) is 0 Å². The average molecular weight is 417 g/mol. The summed E-state index contributed by atoms with van der Waals surface area (Å²) in [6, 6.07) is 15.3. The van der Waals surface area contributed by atoms with Crippen LogP contribution in [0.25, 0.3) is 22.4 Å². The maximum Gasteiger partial charge on any atom is 0.259 e. The first kappa shape index (κ1) is 19.5. The van der Waals surface area contributed by atoms with Gasteiger partial charge >= 0.3 is 0 Å².